The summed E-state index contributed by atoms with van der Waals surface area (Å²) in [4.78, 5) is 17.0. The highest BCUT2D eigenvalue weighted by molar-refractivity contribution is 7.09. The molecule has 1 atom stereocenters. The number of hydrogen-bond donors (Lipinski definition) is 0. The molecule has 1 heterocycles. The molecule has 0 aliphatic heterocycles. The molecule has 22 heavy (non-hydrogen) atoms. The molecule has 0 radical (unpaired) electrons. The van der Waals surface area contributed by atoms with E-state index in [1.807, 2.05) is 12.3 Å². The second kappa shape index (κ2) is 7.04. The fourth-order valence-electron chi connectivity index (χ4n) is 1.98. The smallest absolute Gasteiger partial charge is 0.294 e. The third-order valence-electron chi connectivity index (χ3n) is 3.22. The molecule has 0 saturated heterocycles. The fourth-order valence-corrected chi connectivity index (χ4v) is 2.98. The van der Waals surface area contributed by atoms with Crippen molar-refractivity contribution in [2.75, 3.05) is 19.1 Å². The maximum Gasteiger partial charge on any atom is 0.294 e. The minimum absolute atomic E-state index is 0.0179. The predicted molar refractivity (Wildman–Crippen MR) is 87.8 cm³/mol. The Hall–Kier alpha value is -1.70. The van der Waals surface area contributed by atoms with Crippen molar-refractivity contribution in [3.05, 3.63) is 49.4 Å². The lowest BCUT2D eigenvalue weighted by molar-refractivity contribution is -0.384. The number of ether oxygens (including phenoxy) is 1. The van der Waals surface area contributed by atoms with Crippen LogP contribution < -0.4 is 4.90 Å². The van der Waals surface area contributed by atoms with E-state index in [0.717, 1.165) is 10.7 Å². The van der Waals surface area contributed by atoms with Crippen LogP contribution in [0.25, 0.3) is 0 Å². The summed E-state index contributed by atoms with van der Waals surface area (Å²) in [5, 5.41) is 14.3. The van der Waals surface area contributed by atoms with E-state index in [1.165, 1.54) is 17.4 Å². The van der Waals surface area contributed by atoms with Gasteiger partial charge in [-0.1, -0.05) is 11.6 Å². The number of benzene rings is 1. The van der Waals surface area contributed by atoms with Gasteiger partial charge in [-0.05, 0) is 19.1 Å². The Bertz CT molecular complexity index is 677. The quantitative estimate of drug-likeness (QED) is 0.585. The standard InChI is InChI=1S/C14H16ClN3O3S/c1-9(21-3)14-16-11(8-22-14)7-17(2)12-5-4-10(15)6-13(12)18(19)20/h4-6,8-9H,7H2,1-3H3. The Labute approximate surface area is 137 Å². The van der Waals surface area contributed by atoms with Crippen molar-refractivity contribution in [1.82, 2.24) is 4.98 Å². The van der Waals surface area contributed by atoms with Gasteiger partial charge in [0.2, 0.25) is 0 Å². The molecular formula is C14H16ClN3O3S. The zero-order chi connectivity index (χ0) is 16.3. The summed E-state index contributed by atoms with van der Waals surface area (Å²) < 4.78 is 5.23. The third kappa shape index (κ3) is 3.73. The molecule has 0 fully saturated rings. The summed E-state index contributed by atoms with van der Waals surface area (Å²) in [6, 6.07) is 4.64. The van der Waals surface area contributed by atoms with Crippen molar-refractivity contribution in [3.8, 4) is 0 Å². The molecule has 1 aromatic heterocycles. The molecule has 1 unspecified atom stereocenters. The van der Waals surface area contributed by atoms with Gasteiger partial charge >= 0.3 is 0 Å². The molecule has 0 N–H and O–H groups in total. The monoisotopic (exact) mass is 341 g/mol. The first-order valence-electron chi connectivity index (χ1n) is 6.54. The van der Waals surface area contributed by atoms with Gasteiger partial charge in [-0.15, -0.1) is 11.3 Å². The van der Waals surface area contributed by atoms with E-state index < -0.39 is 4.92 Å². The highest BCUT2D eigenvalue weighted by Crippen LogP contribution is 2.31. The minimum Gasteiger partial charge on any atom is -0.375 e. The van der Waals surface area contributed by atoms with E-state index >= 15 is 0 Å². The van der Waals surface area contributed by atoms with Crippen LogP contribution in [0.5, 0.6) is 0 Å². The van der Waals surface area contributed by atoms with Crippen molar-refractivity contribution < 1.29 is 9.66 Å². The second-order valence-electron chi connectivity index (χ2n) is 4.80. The maximum absolute atomic E-state index is 11.2. The third-order valence-corrected chi connectivity index (χ3v) is 4.51. The molecule has 0 aliphatic carbocycles. The average Bonchev–Trinajstić information content (AvgIpc) is 2.94. The van der Waals surface area contributed by atoms with Crippen LogP contribution >= 0.6 is 22.9 Å². The molecule has 8 heteroatoms. The number of thiazole rings is 1. The predicted octanol–water partition coefficient (Wildman–Crippen LogP) is 4.05. The van der Waals surface area contributed by atoms with Gasteiger partial charge in [-0.25, -0.2) is 4.98 Å². The minimum atomic E-state index is -0.433. The van der Waals surface area contributed by atoms with E-state index in [9.17, 15) is 10.1 Å². The highest BCUT2D eigenvalue weighted by atomic mass is 35.5. The van der Waals surface area contributed by atoms with Gasteiger partial charge in [0.05, 0.1) is 17.2 Å². The molecule has 6 nitrogen and oxygen atoms in total. The van der Waals surface area contributed by atoms with Crippen molar-refractivity contribution in [1.29, 1.82) is 0 Å². The zero-order valence-corrected chi connectivity index (χ0v) is 14.0. The van der Waals surface area contributed by atoms with Crippen LogP contribution in [-0.4, -0.2) is 24.1 Å². The molecular weight excluding hydrogens is 326 g/mol. The lowest BCUT2D eigenvalue weighted by Gasteiger charge is -2.18. The summed E-state index contributed by atoms with van der Waals surface area (Å²) in [6.07, 6.45) is -0.0612. The van der Waals surface area contributed by atoms with Crippen molar-refractivity contribution in [2.45, 2.75) is 19.6 Å². The summed E-state index contributed by atoms with van der Waals surface area (Å²) in [5.74, 6) is 0. The number of nitro groups is 1. The van der Waals surface area contributed by atoms with Gasteiger partial charge in [0.15, 0.2) is 0 Å². The number of nitrogens with zero attached hydrogens (tertiary/aromatic N) is 3. The second-order valence-corrected chi connectivity index (χ2v) is 6.13. The summed E-state index contributed by atoms with van der Waals surface area (Å²) in [7, 11) is 3.42. The largest absolute Gasteiger partial charge is 0.375 e. The van der Waals surface area contributed by atoms with E-state index in [2.05, 4.69) is 4.98 Å². The van der Waals surface area contributed by atoms with E-state index in [4.69, 9.17) is 16.3 Å². The lowest BCUT2D eigenvalue weighted by atomic mass is 10.2. The summed E-state index contributed by atoms with van der Waals surface area (Å²) in [5.41, 5.74) is 1.33. The Morgan fingerprint density at radius 2 is 2.27 bits per heavy atom. The Balaban J connectivity index is 2.20. The van der Waals surface area contributed by atoms with Gasteiger partial charge < -0.3 is 9.64 Å². The topological polar surface area (TPSA) is 68.5 Å². The van der Waals surface area contributed by atoms with E-state index in [1.54, 1.807) is 31.2 Å². The summed E-state index contributed by atoms with van der Waals surface area (Å²) in [6.45, 7) is 2.39. The average molecular weight is 342 g/mol. The van der Waals surface area contributed by atoms with Crippen LogP contribution in [0.4, 0.5) is 11.4 Å². The number of methoxy groups -OCH3 is 1. The molecule has 0 bridgehead atoms. The van der Waals surface area contributed by atoms with Gasteiger partial charge in [-0.2, -0.15) is 0 Å². The number of nitro benzene ring substituents is 1. The van der Waals surface area contributed by atoms with Crippen LogP contribution in [0, 0.1) is 10.1 Å². The van der Waals surface area contributed by atoms with Crippen molar-refractivity contribution in [2.24, 2.45) is 0 Å². The number of aromatic nitrogens is 1. The molecule has 0 saturated carbocycles. The lowest BCUT2D eigenvalue weighted by Crippen LogP contribution is -2.18. The number of halogens is 1. The molecule has 2 aromatic rings. The maximum atomic E-state index is 11.2. The van der Waals surface area contributed by atoms with E-state index in [-0.39, 0.29) is 11.8 Å². The van der Waals surface area contributed by atoms with Crippen LogP contribution in [0.3, 0.4) is 0 Å². The normalized spacial score (nSPS) is 12.2. The van der Waals surface area contributed by atoms with Gasteiger partial charge in [0, 0.05) is 30.6 Å². The first-order valence-corrected chi connectivity index (χ1v) is 7.80. The molecule has 0 amide bonds. The Morgan fingerprint density at radius 1 is 1.55 bits per heavy atom. The first-order chi connectivity index (χ1) is 10.4. The fraction of sp³-hybridized carbons (Fsp3) is 0.357. The van der Waals surface area contributed by atoms with Crippen LogP contribution in [0.15, 0.2) is 23.6 Å². The zero-order valence-electron chi connectivity index (χ0n) is 12.4. The highest BCUT2D eigenvalue weighted by Gasteiger charge is 2.19. The SMILES string of the molecule is COC(C)c1nc(CN(C)c2ccc(Cl)cc2[N+](=O)[O-])cs1. The van der Waals surface area contributed by atoms with Crippen LogP contribution in [-0.2, 0) is 11.3 Å². The Morgan fingerprint density at radius 3 is 2.91 bits per heavy atom. The van der Waals surface area contributed by atoms with Gasteiger partial charge in [0.1, 0.15) is 16.8 Å². The molecule has 1 aromatic carbocycles. The van der Waals surface area contributed by atoms with E-state index in [0.29, 0.717) is 17.3 Å². The Kier molecular flexibility index (Phi) is 5.33. The molecule has 0 aliphatic rings. The van der Waals surface area contributed by atoms with Crippen molar-refractivity contribution in [3.63, 3.8) is 0 Å². The number of anilines is 1. The summed E-state index contributed by atoms with van der Waals surface area (Å²) >= 11 is 7.35. The van der Waals surface area contributed by atoms with Gasteiger partial charge in [0.25, 0.3) is 5.69 Å². The van der Waals surface area contributed by atoms with Crippen LogP contribution in [0.1, 0.15) is 23.7 Å². The van der Waals surface area contributed by atoms with Crippen LogP contribution in [0.2, 0.25) is 5.02 Å². The molecule has 118 valence electrons. The molecule has 0 spiro atoms. The van der Waals surface area contributed by atoms with Crippen molar-refractivity contribution >= 4 is 34.3 Å². The molecule has 2 rings (SSSR count). The first kappa shape index (κ1) is 16.7. The number of rotatable bonds is 6. The van der Waals surface area contributed by atoms with Gasteiger partial charge in [-0.3, -0.25) is 10.1 Å². The number of hydrogen-bond acceptors (Lipinski definition) is 6.